The Bertz CT molecular complexity index is 429. The largest absolute Gasteiger partial charge is 0.377 e. The summed E-state index contributed by atoms with van der Waals surface area (Å²) >= 11 is 1.82. The molecule has 0 saturated heterocycles. The molecule has 0 fully saturated rings. The number of rotatable bonds is 1. The van der Waals surface area contributed by atoms with Gasteiger partial charge >= 0.3 is 0 Å². The maximum atomic E-state index is 2.19. The van der Waals surface area contributed by atoms with Gasteiger partial charge in [0, 0.05) is 24.5 Å². The molecular formula is C11H13NS. The molecule has 0 spiro atoms. The molecule has 1 nitrogen and oxygen atoms in total. The summed E-state index contributed by atoms with van der Waals surface area (Å²) in [6, 6.07) is 6.55. The van der Waals surface area contributed by atoms with Crippen molar-refractivity contribution in [2.45, 2.75) is 6.92 Å². The van der Waals surface area contributed by atoms with Crippen molar-refractivity contribution in [3.05, 3.63) is 29.1 Å². The van der Waals surface area contributed by atoms with E-state index in [1.807, 2.05) is 11.3 Å². The van der Waals surface area contributed by atoms with Gasteiger partial charge in [0.15, 0.2) is 0 Å². The monoisotopic (exact) mass is 191 g/mol. The van der Waals surface area contributed by atoms with Crippen molar-refractivity contribution in [3.8, 4) is 0 Å². The van der Waals surface area contributed by atoms with Crippen molar-refractivity contribution in [2.24, 2.45) is 0 Å². The minimum atomic E-state index is 1.31. The fourth-order valence-corrected chi connectivity index (χ4v) is 2.55. The van der Waals surface area contributed by atoms with Crippen LogP contribution in [0.1, 0.15) is 5.56 Å². The van der Waals surface area contributed by atoms with Gasteiger partial charge in [-0.1, -0.05) is 6.07 Å². The predicted octanol–water partition coefficient (Wildman–Crippen LogP) is 3.28. The van der Waals surface area contributed by atoms with Gasteiger partial charge in [-0.2, -0.15) is 0 Å². The lowest BCUT2D eigenvalue weighted by atomic mass is 10.1. The second-order valence-corrected chi connectivity index (χ2v) is 4.36. The van der Waals surface area contributed by atoms with E-state index >= 15 is 0 Å². The molecule has 2 aromatic rings. The van der Waals surface area contributed by atoms with E-state index in [-0.39, 0.29) is 0 Å². The summed E-state index contributed by atoms with van der Waals surface area (Å²) in [4.78, 5) is 2.16. The van der Waals surface area contributed by atoms with E-state index in [0.29, 0.717) is 0 Å². The zero-order valence-electron chi connectivity index (χ0n) is 8.16. The third-order valence-electron chi connectivity index (χ3n) is 2.32. The van der Waals surface area contributed by atoms with Crippen molar-refractivity contribution in [1.29, 1.82) is 0 Å². The number of anilines is 1. The number of hydrogen-bond acceptors (Lipinski definition) is 2. The lowest BCUT2D eigenvalue weighted by molar-refractivity contribution is 1.12. The van der Waals surface area contributed by atoms with Crippen LogP contribution in [0.15, 0.2) is 23.6 Å². The molecule has 1 aromatic carbocycles. The van der Waals surface area contributed by atoms with Gasteiger partial charge in [0.1, 0.15) is 0 Å². The third kappa shape index (κ3) is 1.31. The van der Waals surface area contributed by atoms with Gasteiger partial charge in [0.2, 0.25) is 0 Å². The van der Waals surface area contributed by atoms with Crippen LogP contribution in [-0.4, -0.2) is 14.1 Å². The Labute approximate surface area is 82.6 Å². The summed E-state index contributed by atoms with van der Waals surface area (Å²) < 4.78 is 1.41. The van der Waals surface area contributed by atoms with E-state index in [4.69, 9.17) is 0 Å². The first kappa shape index (κ1) is 8.57. The Balaban J connectivity index is 2.73. The molecule has 0 N–H and O–H groups in total. The van der Waals surface area contributed by atoms with Crippen molar-refractivity contribution >= 4 is 27.1 Å². The molecule has 68 valence electrons. The molecule has 0 aliphatic carbocycles. The zero-order chi connectivity index (χ0) is 9.42. The van der Waals surface area contributed by atoms with Crippen molar-refractivity contribution in [1.82, 2.24) is 0 Å². The molecule has 0 aliphatic rings. The average molecular weight is 191 g/mol. The summed E-state index contributed by atoms with van der Waals surface area (Å²) in [6.07, 6.45) is 0. The first-order valence-electron chi connectivity index (χ1n) is 4.34. The highest BCUT2D eigenvalue weighted by Crippen LogP contribution is 2.30. The Morgan fingerprint density at radius 1 is 1.15 bits per heavy atom. The lowest BCUT2D eigenvalue weighted by Gasteiger charge is -2.15. The molecule has 0 amide bonds. The van der Waals surface area contributed by atoms with Gasteiger partial charge in [0.25, 0.3) is 0 Å². The smallest absolute Gasteiger partial charge is 0.0405 e. The molecule has 0 aliphatic heterocycles. The van der Waals surface area contributed by atoms with Crippen molar-refractivity contribution in [2.75, 3.05) is 19.0 Å². The second kappa shape index (κ2) is 3.04. The summed E-state index contributed by atoms with van der Waals surface area (Å²) in [7, 11) is 4.17. The molecule has 0 radical (unpaired) electrons. The van der Waals surface area contributed by atoms with Crippen LogP contribution in [0, 0.1) is 6.92 Å². The van der Waals surface area contributed by atoms with Crippen LogP contribution in [-0.2, 0) is 0 Å². The molecule has 13 heavy (non-hydrogen) atoms. The zero-order valence-corrected chi connectivity index (χ0v) is 8.98. The third-order valence-corrected chi connectivity index (χ3v) is 3.37. The summed E-state index contributed by atoms with van der Waals surface area (Å²) in [6.45, 7) is 2.19. The molecule has 0 saturated carbocycles. The minimum absolute atomic E-state index is 1.31. The number of hydrogen-bond donors (Lipinski definition) is 0. The Morgan fingerprint density at radius 3 is 2.62 bits per heavy atom. The van der Waals surface area contributed by atoms with Gasteiger partial charge in [-0.3, -0.25) is 0 Å². The molecule has 0 unspecified atom stereocenters. The first-order chi connectivity index (χ1) is 6.20. The molecule has 1 heterocycles. The van der Waals surface area contributed by atoms with Crippen LogP contribution >= 0.6 is 11.3 Å². The predicted molar refractivity (Wildman–Crippen MR) is 60.9 cm³/mol. The summed E-state index contributed by atoms with van der Waals surface area (Å²) in [5.74, 6) is 0. The highest BCUT2D eigenvalue weighted by molar-refractivity contribution is 7.17. The number of fused-ring (bicyclic) bond motifs is 1. The quantitative estimate of drug-likeness (QED) is 0.668. The Kier molecular flexibility index (Phi) is 2.00. The first-order valence-corrected chi connectivity index (χ1v) is 5.22. The summed E-state index contributed by atoms with van der Waals surface area (Å²) in [5.41, 5.74) is 2.70. The molecule has 2 heteroatoms. The van der Waals surface area contributed by atoms with Crippen LogP contribution < -0.4 is 4.90 Å². The van der Waals surface area contributed by atoms with Gasteiger partial charge in [-0.05, 0) is 35.4 Å². The molecule has 2 rings (SSSR count). The maximum absolute atomic E-state index is 2.19. The van der Waals surface area contributed by atoms with Crippen LogP contribution in [0.4, 0.5) is 5.69 Å². The lowest BCUT2D eigenvalue weighted by Crippen LogP contribution is -2.09. The van der Waals surface area contributed by atoms with Gasteiger partial charge < -0.3 is 4.90 Å². The highest BCUT2D eigenvalue weighted by Gasteiger charge is 2.05. The number of nitrogens with zero attached hydrogens (tertiary/aromatic N) is 1. The maximum Gasteiger partial charge on any atom is 0.0405 e. The second-order valence-electron chi connectivity index (χ2n) is 3.44. The number of benzene rings is 1. The van der Waals surface area contributed by atoms with Gasteiger partial charge in [-0.15, -0.1) is 11.3 Å². The van der Waals surface area contributed by atoms with E-state index in [9.17, 15) is 0 Å². The normalized spacial score (nSPS) is 10.7. The van der Waals surface area contributed by atoms with Crippen LogP contribution in [0.5, 0.6) is 0 Å². The van der Waals surface area contributed by atoms with Crippen LogP contribution in [0.2, 0.25) is 0 Å². The molecule has 0 atom stereocenters. The fraction of sp³-hybridized carbons (Fsp3) is 0.273. The molecule has 0 bridgehead atoms. The SMILES string of the molecule is Cc1c(N(C)C)ccc2ccsc12. The van der Waals surface area contributed by atoms with Crippen molar-refractivity contribution < 1.29 is 0 Å². The van der Waals surface area contributed by atoms with Gasteiger partial charge in [-0.25, -0.2) is 0 Å². The van der Waals surface area contributed by atoms with Crippen molar-refractivity contribution in [3.63, 3.8) is 0 Å². The number of aryl methyl sites for hydroxylation is 1. The van der Waals surface area contributed by atoms with E-state index < -0.39 is 0 Å². The molecular weight excluding hydrogens is 178 g/mol. The Hall–Kier alpha value is -1.02. The molecule has 1 aromatic heterocycles. The van der Waals surface area contributed by atoms with E-state index in [0.717, 1.165) is 0 Å². The Morgan fingerprint density at radius 2 is 1.92 bits per heavy atom. The summed E-state index contributed by atoms with van der Waals surface area (Å²) in [5, 5.41) is 3.50. The van der Waals surface area contributed by atoms with E-state index in [2.05, 4.69) is 49.5 Å². The van der Waals surface area contributed by atoms with E-state index in [1.54, 1.807) is 0 Å². The topological polar surface area (TPSA) is 3.24 Å². The fourth-order valence-electron chi connectivity index (χ4n) is 1.65. The minimum Gasteiger partial charge on any atom is -0.377 e. The standard InChI is InChI=1S/C11H13NS/c1-8-10(12(2)3)5-4-9-6-7-13-11(8)9/h4-7H,1-3H3. The average Bonchev–Trinajstić information content (AvgIpc) is 2.52. The highest BCUT2D eigenvalue weighted by atomic mass is 32.1. The van der Waals surface area contributed by atoms with E-state index in [1.165, 1.54) is 21.3 Å². The van der Waals surface area contributed by atoms with Crippen LogP contribution in [0.25, 0.3) is 10.1 Å². The van der Waals surface area contributed by atoms with Gasteiger partial charge in [0.05, 0.1) is 0 Å². The number of thiophene rings is 1. The van der Waals surface area contributed by atoms with Crippen LogP contribution in [0.3, 0.4) is 0 Å².